The van der Waals surface area contributed by atoms with Crippen LogP contribution in [0, 0.1) is 11.8 Å². The van der Waals surface area contributed by atoms with Crippen LogP contribution in [0.4, 0.5) is 0 Å². The summed E-state index contributed by atoms with van der Waals surface area (Å²) in [5, 5.41) is 8.55. The Labute approximate surface area is 121 Å². The van der Waals surface area contributed by atoms with E-state index in [-0.39, 0.29) is 6.42 Å². The van der Waals surface area contributed by atoms with Gasteiger partial charge < -0.3 is 10.0 Å². The Hall–Kier alpha value is -1.06. The van der Waals surface area contributed by atoms with Gasteiger partial charge in [0.05, 0.1) is 0 Å². The van der Waals surface area contributed by atoms with E-state index in [2.05, 4.69) is 4.90 Å². The van der Waals surface area contributed by atoms with Gasteiger partial charge in [0.2, 0.25) is 5.91 Å². The number of aliphatic carboxylic acids is 1. The number of carbonyl (C=O) groups excluding carboxylic acids is 1. The molecule has 2 fully saturated rings. The van der Waals surface area contributed by atoms with Crippen molar-refractivity contribution in [3.05, 3.63) is 0 Å². The molecule has 0 aromatic rings. The van der Waals surface area contributed by atoms with Gasteiger partial charge in [0.15, 0.2) is 0 Å². The molecule has 2 rings (SSSR count). The molecule has 1 amide bonds. The van der Waals surface area contributed by atoms with Gasteiger partial charge in [-0.05, 0) is 31.6 Å². The average molecular weight is 281 g/mol. The van der Waals surface area contributed by atoms with Crippen molar-refractivity contribution in [2.75, 3.05) is 13.1 Å². The highest BCUT2D eigenvalue weighted by Gasteiger charge is 2.40. The second-order valence-electron chi connectivity index (χ2n) is 6.35. The molecule has 114 valence electrons. The third kappa shape index (κ3) is 4.22. The van der Waals surface area contributed by atoms with E-state index in [9.17, 15) is 9.59 Å². The number of rotatable bonds is 8. The van der Waals surface area contributed by atoms with E-state index in [1.165, 1.54) is 19.3 Å². The summed E-state index contributed by atoms with van der Waals surface area (Å²) in [7, 11) is 0. The number of carboxylic acids is 1. The maximum atomic E-state index is 12.2. The quantitative estimate of drug-likeness (QED) is 0.696. The molecule has 1 N–H and O–H groups in total. The fourth-order valence-corrected chi connectivity index (χ4v) is 3.67. The molecule has 1 saturated heterocycles. The fourth-order valence-electron chi connectivity index (χ4n) is 3.67. The summed E-state index contributed by atoms with van der Waals surface area (Å²) in [5.41, 5.74) is 0. The van der Waals surface area contributed by atoms with Crippen LogP contribution in [0.2, 0.25) is 0 Å². The normalized spacial score (nSPS) is 25.8. The van der Waals surface area contributed by atoms with Crippen molar-refractivity contribution >= 4 is 11.9 Å². The van der Waals surface area contributed by atoms with Crippen molar-refractivity contribution in [2.45, 2.75) is 64.2 Å². The van der Waals surface area contributed by atoms with Crippen molar-refractivity contribution in [2.24, 2.45) is 11.8 Å². The third-order valence-corrected chi connectivity index (χ3v) is 4.81. The molecule has 2 atom stereocenters. The molecule has 1 aliphatic carbocycles. The van der Waals surface area contributed by atoms with Crippen LogP contribution in [0.15, 0.2) is 0 Å². The van der Waals surface area contributed by atoms with E-state index in [1.54, 1.807) is 0 Å². The zero-order chi connectivity index (χ0) is 14.4. The number of carboxylic acid groups (broad SMARTS) is 1. The number of fused-ring (bicyclic) bond motifs is 1. The molecule has 20 heavy (non-hydrogen) atoms. The largest absolute Gasteiger partial charge is 0.481 e. The average Bonchev–Trinajstić information content (AvgIpc) is 2.75. The number of unbranched alkanes of at least 4 members (excludes halogenated alkanes) is 4. The Morgan fingerprint density at radius 2 is 1.80 bits per heavy atom. The molecule has 0 aromatic heterocycles. The Morgan fingerprint density at radius 1 is 1.10 bits per heavy atom. The fraction of sp³-hybridized carbons (Fsp3) is 0.875. The van der Waals surface area contributed by atoms with E-state index in [1.807, 2.05) is 0 Å². The molecule has 2 aliphatic rings. The molecule has 4 heteroatoms. The second-order valence-corrected chi connectivity index (χ2v) is 6.35. The summed E-state index contributed by atoms with van der Waals surface area (Å²) in [6.07, 6.45) is 10.2. The van der Waals surface area contributed by atoms with E-state index in [4.69, 9.17) is 5.11 Å². The van der Waals surface area contributed by atoms with Gasteiger partial charge in [-0.15, -0.1) is 0 Å². The van der Waals surface area contributed by atoms with Crippen LogP contribution in [-0.4, -0.2) is 35.0 Å². The maximum absolute atomic E-state index is 12.2. The number of likely N-dealkylation sites (tertiary alicyclic amines) is 1. The topological polar surface area (TPSA) is 57.6 Å². The van der Waals surface area contributed by atoms with Crippen LogP contribution < -0.4 is 0 Å². The number of amides is 1. The van der Waals surface area contributed by atoms with Crippen LogP contribution >= 0.6 is 0 Å². The van der Waals surface area contributed by atoms with Gasteiger partial charge in [-0.3, -0.25) is 9.59 Å². The summed E-state index contributed by atoms with van der Waals surface area (Å²) in [6.45, 7) is 1.90. The monoisotopic (exact) mass is 281 g/mol. The minimum absolute atomic E-state index is 0.286. The first-order chi connectivity index (χ1) is 9.68. The van der Waals surface area contributed by atoms with Crippen molar-refractivity contribution in [3.8, 4) is 0 Å². The summed E-state index contributed by atoms with van der Waals surface area (Å²) in [4.78, 5) is 24.7. The van der Waals surface area contributed by atoms with Crippen LogP contribution in [-0.2, 0) is 9.59 Å². The molecule has 4 nitrogen and oxygen atoms in total. The molecular formula is C16H27NO3. The van der Waals surface area contributed by atoms with Crippen molar-refractivity contribution in [3.63, 3.8) is 0 Å². The van der Waals surface area contributed by atoms with E-state index < -0.39 is 5.97 Å². The predicted octanol–water partition coefficient (Wildman–Crippen LogP) is 3.06. The second kappa shape index (κ2) is 7.65. The summed E-state index contributed by atoms with van der Waals surface area (Å²) >= 11 is 0. The molecule has 0 radical (unpaired) electrons. The first-order valence-electron chi connectivity index (χ1n) is 8.19. The number of nitrogens with zero attached hydrogens (tertiary/aromatic N) is 1. The van der Waals surface area contributed by atoms with Gasteiger partial charge in [0.1, 0.15) is 0 Å². The molecule has 1 heterocycles. The zero-order valence-corrected chi connectivity index (χ0v) is 12.4. The first-order valence-corrected chi connectivity index (χ1v) is 8.19. The third-order valence-electron chi connectivity index (χ3n) is 4.81. The Morgan fingerprint density at radius 3 is 2.55 bits per heavy atom. The lowest BCUT2D eigenvalue weighted by molar-refractivity contribution is -0.137. The lowest BCUT2D eigenvalue weighted by Crippen LogP contribution is -2.28. The molecule has 1 saturated carbocycles. The van der Waals surface area contributed by atoms with Gasteiger partial charge in [-0.2, -0.15) is 0 Å². The van der Waals surface area contributed by atoms with E-state index in [0.717, 1.165) is 51.6 Å². The van der Waals surface area contributed by atoms with Crippen LogP contribution in [0.25, 0.3) is 0 Å². The molecular weight excluding hydrogens is 254 g/mol. The highest BCUT2D eigenvalue weighted by Crippen LogP contribution is 2.37. The lowest BCUT2D eigenvalue weighted by Gasteiger charge is -2.21. The number of hydrogen-bond acceptors (Lipinski definition) is 2. The molecule has 1 aliphatic heterocycles. The lowest BCUT2D eigenvalue weighted by atomic mass is 9.81. The van der Waals surface area contributed by atoms with Crippen LogP contribution in [0.3, 0.4) is 0 Å². The van der Waals surface area contributed by atoms with Gasteiger partial charge in [0, 0.05) is 25.4 Å². The maximum Gasteiger partial charge on any atom is 0.303 e. The van der Waals surface area contributed by atoms with Crippen LogP contribution in [0.1, 0.15) is 64.2 Å². The first kappa shape index (κ1) is 15.3. The molecule has 2 unspecified atom stereocenters. The van der Waals surface area contributed by atoms with E-state index >= 15 is 0 Å². The van der Waals surface area contributed by atoms with Crippen molar-refractivity contribution in [1.29, 1.82) is 0 Å². The minimum atomic E-state index is -0.699. The van der Waals surface area contributed by atoms with Crippen molar-refractivity contribution < 1.29 is 14.7 Å². The minimum Gasteiger partial charge on any atom is -0.481 e. The van der Waals surface area contributed by atoms with Crippen molar-refractivity contribution in [1.82, 2.24) is 4.90 Å². The highest BCUT2D eigenvalue weighted by atomic mass is 16.4. The Kier molecular flexibility index (Phi) is 5.86. The van der Waals surface area contributed by atoms with E-state index in [0.29, 0.717) is 17.7 Å². The predicted molar refractivity (Wildman–Crippen MR) is 77.4 cm³/mol. The number of carbonyl (C=O) groups is 2. The summed E-state index contributed by atoms with van der Waals surface area (Å²) in [6, 6.07) is 0. The van der Waals surface area contributed by atoms with Gasteiger partial charge in [-0.1, -0.05) is 32.1 Å². The van der Waals surface area contributed by atoms with Gasteiger partial charge >= 0.3 is 5.97 Å². The Bertz CT molecular complexity index is 343. The zero-order valence-electron chi connectivity index (χ0n) is 12.4. The summed E-state index contributed by atoms with van der Waals surface area (Å²) < 4.78 is 0. The standard InChI is InChI=1S/C16H27NO3/c18-15(19)10-4-2-1-3-7-11-17-12-13-8-5-6-9-14(13)16(17)20/h13-14H,1-12H2,(H,18,19). The molecule has 0 aromatic carbocycles. The number of hydrogen-bond donors (Lipinski definition) is 1. The van der Waals surface area contributed by atoms with Gasteiger partial charge in [-0.25, -0.2) is 0 Å². The highest BCUT2D eigenvalue weighted by molar-refractivity contribution is 5.81. The van der Waals surface area contributed by atoms with Gasteiger partial charge in [0.25, 0.3) is 0 Å². The van der Waals surface area contributed by atoms with Crippen LogP contribution in [0.5, 0.6) is 0 Å². The molecule has 0 bridgehead atoms. The Balaban J connectivity index is 1.56. The smallest absolute Gasteiger partial charge is 0.303 e. The SMILES string of the molecule is O=C(O)CCCCCCCN1CC2CCCCC2C1=O. The molecule has 0 spiro atoms. The summed E-state index contributed by atoms with van der Waals surface area (Å²) in [5.74, 6) is 0.668.